The normalized spacial score (nSPS) is 12.2. The Morgan fingerprint density at radius 1 is 1.12 bits per heavy atom. The van der Waals surface area contributed by atoms with Crippen molar-refractivity contribution in [3.63, 3.8) is 0 Å². The zero-order valence-electron chi connectivity index (χ0n) is 13.0. The summed E-state index contributed by atoms with van der Waals surface area (Å²) in [6.45, 7) is 0. The molecule has 0 aliphatic carbocycles. The first kappa shape index (κ1) is 16.0. The second kappa shape index (κ2) is 5.99. The van der Waals surface area contributed by atoms with Gasteiger partial charge in [0.05, 0.1) is 23.8 Å². The van der Waals surface area contributed by atoms with Gasteiger partial charge in [0.1, 0.15) is 5.75 Å². The molecule has 124 valence electrons. The van der Waals surface area contributed by atoms with Crippen molar-refractivity contribution in [3.8, 4) is 5.75 Å². The number of alkyl halides is 3. The number of aryl methyl sites for hydroxylation is 1. The highest BCUT2D eigenvalue weighted by molar-refractivity contribution is 5.85. The van der Waals surface area contributed by atoms with E-state index < -0.39 is 12.0 Å². The summed E-state index contributed by atoms with van der Waals surface area (Å²) in [5.74, 6) is -0.185. The van der Waals surface area contributed by atoms with Gasteiger partial charge in [-0.05, 0) is 48.0 Å². The number of benzene rings is 2. The highest BCUT2D eigenvalue weighted by atomic mass is 19.4. The molecule has 2 aromatic carbocycles. The molecule has 0 aliphatic heterocycles. The monoisotopic (exact) mass is 333 g/mol. The lowest BCUT2D eigenvalue weighted by molar-refractivity contribution is -0.146. The fraction of sp³-hybridized carbons (Fsp3) is 0.176. The molecule has 0 bridgehead atoms. The first-order valence-corrected chi connectivity index (χ1v) is 7.10. The Morgan fingerprint density at radius 3 is 2.46 bits per heavy atom. The minimum atomic E-state index is -4.49. The zero-order chi connectivity index (χ0) is 17.3. The van der Waals surface area contributed by atoms with E-state index in [1.807, 2.05) is 12.1 Å². The Morgan fingerprint density at radius 2 is 1.83 bits per heavy atom. The smallest absolute Gasteiger partial charge is 0.449 e. The molecule has 24 heavy (non-hydrogen) atoms. The number of fused-ring (bicyclic) bond motifs is 1. The molecule has 0 unspecified atom stereocenters. The van der Waals surface area contributed by atoms with Crippen LogP contribution in [0.5, 0.6) is 5.75 Å². The van der Waals surface area contributed by atoms with Crippen molar-refractivity contribution < 1.29 is 17.9 Å². The lowest BCUT2D eigenvalue weighted by atomic mass is 10.2. The maximum atomic E-state index is 12.9. The SMILES string of the molecule is COc1ccc(C=Nc2ccc3c(c2)nc(C(F)(F)F)n3C)cc1. The van der Waals surface area contributed by atoms with Crippen LogP contribution in [0.25, 0.3) is 11.0 Å². The average molecular weight is 333 g/mol. The summed E-state index contributed by atoms with van der Waals surface area (Å²) in [5, 5.41) is 0. The van der Waals surface area contributed by atoms with Crippen molar-refractivity contribution in [1.29, 1.82) is 0 Å². The third-order valence-electron chi connectivity index (χ3n) is 3.60. The van der Waals surface area contributed by atoms with Crippen LogP contribution in [-0.2, 0) is 13.2 Å². The summed E-state index contributed by atoms with van der Waals surface area (Å²) in [7, 11) is 2.93. The molecule has 0 fully saturated rings. The second-order valence-electron chi connectivity index (χ2n) is 5.20. The van der Waals surface area contributed by atoms with Crippen LogP contribution < -0.4 is 4.74 Å². The summed E-state index contributed by atoms with van der Waals surface area (Å²) < 4.78 is 44.8. The second-order valence-corrected chi connectivity index (χ2v) is 5.20. The Kier molecular flexibility index (Phi) is 4.01. The Balaban J connectivity index is 1.91. The van der Waals surface area contributed by atoms with Crippen molar-refractivity contribution in [1.82, 2.24) is 9.55 Å². The number of halogens is 3. The van der Waals surface area contributed by atoms with Crippen molar-refractivity contribution in [2.24, 2.45) is 12.0 Å². The summed E-state index contributed by atoms with van der Waals surface area (Å²) in [5.41, 5.74) is 2.05. The van der Waals surface area contributed by atoms with Crippen molar-refractivity contribution in [2.45, 2.75) is 6.18 Å². The predicted molar refractivity (Wildman–Crippen MR) is 86.0 cm³/mol. The molecule has 0 aliphatic rings. The van der Waals surface area contributed by atoms with Crippen LogP contribution in [0.3, 0.4) is 0 Å². The summed E-state index contributed by atoms with van der Waals surface area (Å²) >= 11 is 0. The number of ether oxygens (including phenoxy) is 1. The van der Waals surface area contributed by atoms with Crippen LogP contribution >= 0.6 is 0 Å². The zero-order valence-corrected chi connectivity index (χ0v) is 13.0. The van der Waals surface area contributed by atoms with E-state index in [9.17, 15) is 13.2 Å². The summed E-state index contributed by atoms with van der Waals surface area (Å²) in [6, 6.07) is 12.1. The highest BCUT2D eigenvalue weighted by Crippen LogP contribution is 2.31. The van der Waals surface area contributed by atoms with E-state index in [1.54, 1.807) is 37.6 Å². The van der Waals surface area contributed by atoms with Gasteiger partial charge in [-0.15, -0.1) is 0 Å². The van der Waals surface area contributed by atoms with Crippen LogP contribution in [0.1, 0.15) is 11.4 Å². The van der Waals surface area contributed by atoms with E-state index in [1.165, 1.54) is 13.1 Å². The van der Waals surface area contributed by atoms with Gasteiger partial charge in [-0.3, -0.25) is 4.99 Å². The molecular weight excluding hydrogens is 319 g/mol. The average Bonchev–Trinajstić information content (AvgIpc) is 2.90. The van der Waals surface area contributed by atoms with Gasteiger partial charge in [0.15, 0.2) is 0 Å². The van der Waals surface area contributed by atoms with E-state index in [4.69, 9.17) is 4.74 Å². The first-order chi connectivity index (χ1) is 11.4. The number of hydrogen-bond acceptors (Lipinski definition) is 3. The molecule has 7 heteroatoms. The standard InChI is InChI=1S/C17H14F3N3O/c1-23-15-8-5-12(9-14(15)22-16(23)17(18,19)20)21-10-11-3-6-13(24-2)7-4-11/h3-10H,1-2H3. The molecule has 1 heterocycles. The maximum absolute atomic E-state index is 12.9. The molecule has 0 N–H and O–H groups in total. The van der Waals surface area contributed by atoms with Gasteiger partial charge in [-0.2, -0.15) is 13.2 Å². The highest BCUT2D eigenvalue weighted by Gasteiger charge is 2.36. The Labute approximate surface area is 136 Å². The summed E-state index contributed by atoms with van der Waals surface area (Å²) in [6.07, 6.45) is -2.85. The number of nitrogens with zero attached hydrogens (tertiary/aromatic N) is 3. The van der Waals surface area contributed by atoms with Gasteiger partial charge in [0.2, 0.25) is 5.82 Å². The predicted octanol–water partition coefficient (Wildman–Crippen LogP) is 4.35. The molecule has 0 spiro atoms. The lowest BCUT2D eigenvalue weighted by Gasteiger charge is -2.05. The number of hydrogen-bond donors (Lipinski definition) is 0. The maximum Gasteiger partial charge on any atom is 0.449 e. The van der Waals surface area contributed by atoms with Gasteiger partial charge >= 0.3 is 6.18 Å². The lowest BCUT2D eigenvalue weighted by Crippen LogP contribution is -2.12. The summed E-state index contributed by atoms with van der Waals surface area (Å²) in [4.78, 5) is 7.96. The number of rotatable bonds is 3. The van der Waals surface area contributed by atoms with E-state index in [2.05, 4.69) is 9.98 Å². The largest absolute Gasteiger partial charge is 0.497 e. The van der Waals surface area contributed by atoms with Crippen molar-refractivity contribution >= 4 is 22.9 Å². The van der Waals surface area contributed by atoms with Crippen LogP contribution in [0.4, 0.5) is 18.9 Å². The van der Waals surface area contributed by atoms with E-state index in [0.29, 0.717) is 11.2 Å². The van der Waals surface area contributed by atoms with Crippen molar-refractivity contribution in [3.05, 3.63) is 53.9 Å². The van der Waals surface area contributed by atoms with Crippen LogP contribution in [-0.4, -0.2) is 22.9 Å². The molecule has 0 saturated carbocycles. The van der Waals surface area contributed by atoms with Gasteiger partial charge in [-0.1, -0.05) is 0 Å². The van der Waals surface area contributed by atoms with E-state index in [0.717, 1.165) is 15.9 Å². The number of aromatic nitrogens is 2. The van der Waals surface area contributed by atoms with Crippen LogP contribution in [0.15, 0.2) is 47.5 Å². The topological polar surface area (TPSA) is 39.4 Å². The number of aliphatic imine (C=N–C) groups is 1. The molecule has 3 rings (SSSR count). The van der Waals surface area contributed by atoms with Gasteiger partial charge < -0.3 is 9.30 Å². The van der Waals surface area contributed by atoms with E-state index >= 15 is 0 Å². The molecule has 1 aromatic heterocycles. The molecule has 0 amide bonds. The number of methoxy groups -OCH3 is 1. The molecule has 4 nitrogen and oxygen atoms in total. The minimum Gasteiger partial charge on any atom is -0.497 e. The molecule has 0 radical (unpaired) electrons. The third-order valence-corrected chi connectivity index (χ3v) is 3.60. The molecule has 3 aromatic rings. The van der Waals surface area contributed by atoms with Crippen LogP contribution in [0, 0.1) is 0 Å². The first-order valence-electron chi connectivity index (χ1n) is 7.10. The fourth-order valence-corrected chi connectivity index (χ4v) is 2.36. The molecule has 0 atom stereocenters. The molecule has 0 saturated heterocycles. The van der Waals surface area contributed by atoms with Gasteiger partial charge in [-0.25, -0.2) is 4.98 Å². The Hall–Kier alpha value is -2.83. The van der Waals surface area contributed by atoms with Gasteiger partial charge in [0, 0.05) is 13.3 Å². The van der Waals surface area contributed by atoms with E-state index in [-0.39, 0.29) is 5.52 Å². The third kappa shape index (κ3) is 3.10. The fourth-order valence-electron chi connectivity index (χ4n) is 2.36. The van der Waals surface area contributed by atoms with Crippen molar-refractivity contribution in [2.75, 3.05) is 7.11 Å². The Bertz CT molecular complexity index is 896. The number of imidazole rings is 1. The van der Waals surface area contributed by atoms with Crippen LogP contribution in [0.2, 0.25) is 0 Å². The van der Waals surface area contributed by atoms with Gasteiger partial charge in [0.25, 0.3) is 0 Å². The molecular formula is C17H14F3N3O. The quantitative estimate of drug-likeness (QED) is 0.669. The minimum absolute atomic E-state index is 0.259.